The molecule has 0 amide bonds. The molecule has 1 aromatic heterocycles. The molecule has 0 unspecified atom stereocenters. The molecule has 0 spiro atoms. The molecule has 1 heterocycles. The van der Waals surface area contributed by atoms with Gasteiger partial charge in [-0.3, -0.25) is 14.6 Å². The molecule has 146 valence electrons. The lowest BCUT2D eigenvalue weighted by Gasteiger charge is -2.29. The van der Waals surface area contributed by atoms with Crippen molar-refractivity contribution in [1.29, 1.82) is 0 Å². The normalized spacial score (nSPS) is 11.2. The second kappa shape index (κ2) is 12.4. The van der Waals surface area contributed by atoms with E-state index in [2.05, 4.69) is 4.98 Å². The highest BCUT2D eigenvalue weighted by molar-refractivity contribution is 6.00. The van der Waals surface area contributed by atoms with Crippen molar-refractivity contribution in [1.82, 2.24) is 4.98 Å². The van der Waals surface area contributed by atoms with Crippen LogP contribution in [-0.4, -0.2) is 49.9 Å². The monoisotopic (exact) mass is 366 g/mol. The van der Waals surface area contributed by atoms with Crippen molar-refractivity contribution in [2.45, 2.75) is 39.5 Å². The fraction of sp³-hybridized carbons (Fsp3) is 0.632. The van der Waals surface area contributed by atoms with E-state index >= 15 is 0 Å². The molecule has 26 heavy (non-hydrogen) atoms. The van der Waals surface area contributed by atoms with Gasteiger partial charge in [0.25, 0.3) is 0 Å². The van der Waals surface area contributed by atoms with Crippen LogP contribution in [-0.2, 0) is 30.2 Å². The third kappa shape index (κ3) is 6.72. The fourth-order valence-corrected chi connectivity index (χ4v) is 2.73. The van der Waals surface area contributed by atoms with Gasteiger partial charge in [0.2, 0.25) is 0 Å². The molecule has 7 heteroatoms. The topological polar surface area (TPSA) is 101 Å². The van der Waals surface area contributed by atoms with Gasteiger partial charge in [0.15, 0.2) is 5.41 Å². The molecule has 1 aromatic rings. The molecule has 7 nitrogen and oxygen atoms in total. The number of hydrogen-bond donors (Lipinski definition) is 1. The Labute approximate surface area is 155 Å². The molecule has 0 aliphatic carbocycles. The highest BCUT2D eigenvalue weighted by Gasteiger charge is 2.48. The number of pyridine rings is 1. The highest BCUT2D eigenvalue weighted by atomic mass is 16.6. The van der Waals surface area contributed by atoms with E-state index in [4.69, 9.17) is 19.9 Å². The van der Waals surface area contributed by atoms with Gasteiger partial charge in [-0.05, 0) is 51.2 Å². The predicted molar refractivity (Wildman–Crippen MR) is 97.4 cm³/mol. The van der Waals surface area contributed by atoms with Crippen LogP contribution in [0, 0.1) is 5.41 Å². The summed E-state index contributed by atoms with van der Waals surface area (Å²) in [5.74, 6) is -1.11. The molecule has 0 aliphatic rings. The second-order valence-corrected chi connectivity index (χ2v) is 5.89. The van der Waals surface area contributed by atoms with Gasteiger partial charge < -0.3 is 19.9 Å². The zero-order valence-corrected chi connectivity index (χ0v) is 15.7. The molecule has 1 rings (SSSR count). The zero-order valence-electron chi connectivity index (χ0n) is 15.7. The Hall–Kier alpha value is -1.99. The number of ether oxygens (including phenoxy) is 3. The minimum Gasteiger partial charge on any atom is -0.465 e. The van der Waals surface area contributed by atoms with Gasteiger partial charge in [-0.1, -0.05) is 6.07 Å². The minimum absolute atomic E-state index is 0.201. The Balaban J connectivity index is 2.89. The van der Waals surface area contributed by atoms with Crippen LogP contribution in [0.1, 0.15) is 38.7 Å². The summed E-state index contributed by atoms with van der Waals surface area (Å²) in [7, 11) is 0. The van der Waals surface area contributed by atoms with Crippen molar-refractivity contribution in [3.05, 3.63) is 30.1 Å². The van der Waals surface area contributed by atoms with Gasteiger partial charge in [0.1, 0.15) is 0 Å². The first kappa shape index (κ1) is 22.1. The third-order valence-electron chi connectivity index (χ3n) is 4.06. The van der Waals surface area contributed by atoms with Crippen molar-refractivity contribution in [2.75, 3.05) is 33.0 Å². The van der Waals surface area contributed by atoms with E-state index in [1.54, 1.807) is 26.2 Å². The molecule has 0 radical (unpaired) electrons. The van der Waals surface area contributed by atoms with Crippen molar-refractivity contribution in [2.24, 2.45) is 11.1 Å². The summed E-state index contributed by atoms with van der Waals surface area (Å²) in [6.45, 7) is 4.83. The molecular formula is C19H30N2O5. The predicted octanol–water partition coefficient (Wildman–Crippen LogP) is 1.88. The number of carbonyl (C=O) groups excluding carboxylic acids is 2. The van der Waals surface area contributed by atoms with Crippen molar-refractivity contribution >= 4 is 11.9 Å². The number of aromatic nitrogens is 1. The van der Waals surface area contributed by atoms with Crippen LogP contribution in [0.3, 0.4) is 0 Å². The maximum absolute atomic E-state index is 12.7. The number of rotatable bonds is 13. The summed E-state index contributed by atoms with van der Waals surface area (Å²) in [6.07, 6.45) is 5.35. The lowest BCUT2D eigenvalue weighted by Crippen LogP contribution is -2.43. The van der Waals surface area contributed by atoms with Gasteiger partial charge in [-0.25, -0.2) is 0 Å². The lowest BCUT2D eigenvalue weighted by molar-refractivity contribution is -0.174. The smallest absolute Gasteiger partial charge is 0.323 e. The van der Waals surface area contributed by atoms with Gasteiger partial charge in [-0.15, -0.1) is 0 Å². The summed E-state index contributed by atoms with van der Waals surface area (Å²) in [6, 6.07) is 3.83. The first-order valence-electron chi connectivity index (χ1n) is 9.11. The van der Waals surface area contributed by atoms with Crippen LogP contribution in [0.5, 0.6) is 0 Å². The van der Waals surface area contributed by atoms with Crippen LogP contribution in [0.25, 0.3) is 0 Å². The van der Waals surface area contributed by atoms with E-state index in [0.717, 1.165) is 5.56 Å². The van der Waals surface area contributed by atoms with Gasteiger partial charge in [-0.2, -0.15) is 0 Å². The molecule has 2 N–H and O–H groups in total. The summed E-state index contributed by atoms with van der Waals surface area (Å²) < 4.78 is 15.8. The SMILES string of the molecule is CCOC(=O)C(CCCc1cccnc1)(CCOCCN)C(=O)OCC. The lowest BCUT2D eigenvalue weighted by atomic mass is 9.79. The van der Waals surface area contributed by atoms with E-state index < -0.39 is 17.4 Å². The Morgan fingerprint density at radius 2 is 1.81 bits per heavy atom. The summed E-state index contributed by atoms with van der Waals surface area (Å²) in [4.78, 5) is 29.4. The number of carbonyl (C=O) groups is 2. The first-order valence-corrected chi connectivity index (χ1v) is 9.11. The summed E-state index contributed by atoms with van der Waals surface area (Å²) >= 11 is 0. The number of nitrogens with zero attached hydrogens (tertiary/aromatic N) is 1. The van der Waals surface area contributed by atoms with Crippen molar-refractivity contribution in [3.63, 3.8) is 0 Å². The Kier molecular flexibility index (Phi) is 10.5. The average molecular weight is 366 g/mol. The molecule has 0 bridgehead atoms. The molecule has 0 saturated carbocycles. The Bertz CT molecular complexity index is 518. The molecule has 0 fully saturated rings. The van der Waals surface area contributed by atoms with E-state index in [1.807, 2.05) is 12.1 Å². The highest BCUT2D eigenvalue weighted by Crippen LogP contribution is 2.33. The van der Waals surface area contributed by atoms with Crippen molar-refractivity contribution in [3.8, 4) is 0 Å². The van der Waals surface area contributed by atoms with Crippen LogP contribution in [0.4, 0.5) is 0 Å². The summed E-state index contributed by atoms with van der Waals surface area (Å²) in [5, 5.41) is 0. The maximum atomic E-state index is 12.7. The van der Waals surface area contributed by atoms with E-state index in [1.165, 1.54) is 0 Å². The number of esters is 2. The third-order valence-corrected chi connectivity index (χ3v) is 4.06. The maximum Gasteiger partial charge on any atom is 0.323 e. The molecule has 0 saturated heterocycles. The summed E-state index contributed by atoms with van der Waals surface area (Å²) in [5.41, 5.74) is 5.12. The minimum atomic E-state index is -1.36. The number of aryl methyl sites for hydroxylation is 1. The second-order valence-electron chi connectivity index (χ2n) is 5.89. The van der Waals surface area contributed by atoms with Crippen molar-refractivity contribution < 1.29 is 23.8 Å². The quantitative estimate of drug-likeness (QED) is 0.323. The fourth-order valence-electron chi connectivity index (χ4n) is 2.73. The Morgan fingerprint density at radius 1 is 1.12 bits per heavy atom. The van der Waals surface area contributed by atoms with Crippen LogP contribution in [0.15, 0.2) is 24.5 Å². The average Bonchev–Trinajstić information content (AvgIpc) is 2.65. The largest absolute Gasteiger partial charge is 0.465 e. The van der Waals surface area contributed by atoms with E-state index in [-0.39, 0.29) is 26.2 Å². The van der Waals surface area contributed by atoms with Crippen LogP contribution < -0.4 is 5.73 Å². The van der Waals surface area contributed by atoms with E-state index in [9.17, 15) is 9.59 Å². The zero-order chi connectivity index (χ0) is 19.3. The molecule has 0 atom stereocenters. The number of hydrogen-bond acceptors (Lipinski definition) is 7. The molecule has 0 aromatic carbocycles. The Morgan fingerprint density at radius 3 is 2.35 bits per heavy atom. The van der Waals surface area contributed by atoms with E-state index in [0.29, 0.717) is 32.4 Å². The van der Waals surface area contributed by atoms with Gasteiger partial charge in [0.05, 0.1) is 19.8 Å². The molecule has 0 aliphatic heterocycles. The first-order chi connectivity index (χ1) is 12.6. The van der Waals surface area contributed by atoms with Crippen LogP contribution >= 0.6 is 0 Å². The van der Waals surface area contributed by atoms with Gasteiger partial charge in [0, 0.05) is 25.5 Å². The number of nitrogens with two attached hydrogens (primary N) is 1. The standard InChI is InChI=1S/C19H30N2O5/c1-3-25-17(22)19(18(23)26-4-2,10-13-24-14-11-20)9-5-7-16-8-6-12-21-15-16/h6,8,12,15H,3-5,7,9-11,13-14,20H2,1-2H3. The van der Waals surface area contributed by atoms with Gasteiger partial charge >= 0.3 is 11.9 Å². The van der Waals surface area contributed by atoms with Crippen LogP contribution in [0.2, 0.25) is 0 Å². The molecular weight excluding hydrogens is 336 g/mol.